The van der Waals surface area contributed by atoms with E-state index in [0.717, 1.165) is 0 Å². The molecule has 33 heavy (non-hydrogen) atoms. The fourth-order valence-corrected chi connectivity index (χ4v) is 4.15. The molecule has 0 radical (unpaired) electrons. The van der Waals surface area contributed by atoms with Gasteiger partial charge < -0.3 is 14.4 Å². The van der Waals surface area contributed by atoms with Crippen LogP contribution in [0.3, 0.4) is 0 Å². The van der Waals surface area contributed by atoms with Gasteiger partial charge in [-0.2, -0.15) is 5.10 Å². The van der Waals surface area contributed by atoms with E-state index in [1.54, 1.807) is 32.0 Å². The number of hydrogen-bond donors (Lipinski definition) is 2. The van der Waals surface area contributed by atoms with Gasteiger partial charge in [-0.3, -0.25) is 9.59 Å². The summed E-state index contributed by atoms with van der Waals surface area (Å²) in [6, 6.07) is 10.8. The molecule has 0 unspecified atom stereocenters. The van der Waals surface area contributed by atoms with Gasteiger partial charge in [0.1, 0.15) is 0 Å². The first kappa shape index (κ1) is 25.8. The molecule has 0 aliphatic heterocycles. The maximum absolute atomic E-state index is 12.8. The Hall–Kier alpha value is -3.44. The molecule has 0 saturated heterocycles. The Balaban J connectivity index is 2.15. The molecule has 11 heteroatoms. The summed E-state index contributed by atoms with van der Waals surface area (Å²) < 4.78 is 38.2. The van der Waals surface area contributed by atoms with Gasteiger partial charge in [0.15, 0.2) is 11.5 Å². The largest absolute Gasteiger partial charge is 0.493 e. The predicted octanol–water partition coefficient (Wildman–Crippen LogP) is 1.61. The van der Waals surface area contributed by atoms with Crippen molar-refractivity contribution in [1.82, 2.24) is 15.0 Å². The number of ether oxygens (including phenoxy) is 2. The van der Waals surface area contributed by atoms with Gasteiger partial charge in [-0.15, -0.1) is 0 Å². The molecule has 2 N–H and O–H groups in total. The predicted molar refractivity (Wildman–Crippen MR) is 124 cm³/mol. The highest BCUT2D eigenvalue weighted by atomic mass is 32.2. The third kappa shape index (κ3) is 6.77. The van der Waals surface area contributed by atoms with Gasteiger partial charge in [0.25, 0.3) is 5.91 Å². The summed E-state index contributed by atoms with van der Waals surface area (Å²) in [7, 11) is -1.09. The number of benzene rings is 2. The van der Waals surface area contributed by atoms with E-state index >= 15 is 0 Å². The Morgan fingerprint density at radius 2 is 1.70 bits per heavy atom. The van der Waals surface area contributed by atoms with Crippen molar-refractivity contribution in [3.8, 4) is 11.5 Å². The van der Waals surface area contributed by atoms with E-state index in [4.69, 9.17) is 9.47 Å². The van der Waals surface area contributed by atoms with Crippen LogP contribution in [0.2, 0.25) is 0 Å². The van der Waals surface area contributed by atoms with Gasteiger partial charge in [-0.25, -0.2) is 18.6 Å². The third-order valence-corrected chi connectivity index (χ3v) is 6.20. The van der Waals surface area contributed by atoms with Crippen LogP contribution in [-0.2, 0) is 14.8 Å². The van der Waals surface area contributed by atoms with Gasteiger partial charge in [0, 0.05) is 13.1 Å². The lowest BCUT2D eigenvalue weighted by Gasteiger charge is -2.19. The second-order valence-corrected chi connectivity index (χ2v) is 8.44. The summed E-state index contributed by atoms with van der Waals surface area (Å²) in [6.07, 6.45) is 1.39. The first-order chi connectivity index (χ1) is 15.8. The van der Waals surface area contributed by atoms with Crippen molar-refractivity contribution in [1.29, 1.82) is 0 Å². The molecular weight excluding hydrogens is 448 g/mol. The molecule has 2 rings (SSSR count). The van der Waals surface area contributed by atoms with Crippen molar-refractivity contribution in [2.75, 3.05) is 33.9 Å². The van der Waals surface area contributed by atoms with Crippen LogP contribution >= 0.6 is 0 Å². The minimum absolute atomic E-state index is 0.107. The fourth-order valence-electron chi connectivity index (χ4n) is 2.97. The number of hydrogen-bond acceptors (Lipinski definition) is 7. The number of carbonyl (C=O) groups is 2. The molecule has 0 aliphatic carbocycles. The van der Waals surface area contributed by atoms with Crippen LogP contribution in [-0.4, -0.2) is 65.2 Å². The van der Waals surface area contributed by atoms with Crippen molar-refractivity contribution < 1.29 is 27.5 Å². The topological polar surface area (TPSA) is 126 Å². The number of rotatable bonds is 11. The Morgan fingerprint density at radius 3 is 2.33 bits per heavy atom. The van der Waals surface area contributed by atoms with Gasteiger partial charge in [0.05, 0.1) is 37.4 Å². The number of sulfonamides is 1. The molecule has 10 nitrogen and oxygen atoms in total. The average molecular weight is 477 g/mol. The quantitative estimate of drug-likeness (QED) is 0.375. The van der Waals surface area contributed by atoms with E-state index < -0.39 is 22.5 Å². The van der Waals surface area contributed by atoms with Gasteiger partial charge in [-0.1, -0.05) is 12.1 Å². The maximum atomic E-state index is 12.8. The molecule has 2 amide bonds. The summed E-state index contributed by atoms with van der Waals surface area (Å²) in [6.45, 7) is 4.13. The fraction of sp³-hybridized carbons (Fsp3) is 0.318. The SMILES string of the molecule is CCN(CC)C(=O)CNS(=O)(=O)c1ccccc1C(=O)N/N=C/c1ccc(OC)c(OC)c1. The van der Waals surface area contributed by atoms with Crippen LogP contribution in [0.5, 0.6) is 11.5 Å². The molecule has 0 bridgehead atoms. The van der Waals surface area contributed by atoms with Gasteiger partial charge >= 0.3 is 0 Å². The number of nitrogens with zero attached hydrogens (tertiary/aromatic N) is 2. The summed E-state index contributed by atoms with van der Waals surface area (Å²) in [5.41, 5.74) is 2.84. The lowest BCUT2D eigenvalue weighted by atomic mass is 10.2. The average Bonchev–Trinajstić information content (AvgIpc) is 2.83. The molecule has 2 aromatic carbocycles. The lowest BCUT2D eigenvalue weighted by molar-refractivity contribution is -0.129. The number of carbonyl (C=O) groups excluding carboxylic acids is 2. The Kier molecular flexibility index (Phi) is 9.37. The van der Waals surface area contributed by atoms with Crippen molar-refractivity contribution in [3.63, 3.8) is 0 Å². The minimum atomic E-state index is -4.12. The van der Waals surface area contributed by atoms with Crippen LogP contribution in [0.25, 0.3) is 0 Å². The molecule has 178 valence electrons. The van der Waals surface area contributed by atoms with Crippen molar-refractivity contribution >= 4 is 28.1 Å². The number of nitrogens with one attached hydrogen (secondary N) is 2. The minimum Gasteiger partial charge on any atom is -0.493 e. The summed E-state index contributed by atoms with van der Waals surface area (Å²) in [4.78, 5) is 26.0. The summed E-state index contributed by atoms with van der Waals surface area (Å²) >= 11 is 0. The third-order valence-electron chi connectivity index (χ3n) is 4.74. The van der Waals surface area contributed by atoms with E-state index in [2.05, 4.69) is 15.2 Å². The molecule has 0 atom stereocenters. The Labute approximate surface area is 193 Å². The monoisotopic (exact) mass is 476 g/mol. The molecular formula is C22H28N4O6S. The van der Waals surface area contributed by atoms with E-state index in [1.165, 1.54) is 49.6 Å². The first-order valence-corrected chi connectivity index (χ1v) is 11.7. The van der Waals surface area contributed by atoms with Crippen LogP contribution in [0, 0.1) is 0 Å². The Morgan fingerprint density at radius 1 is 1.03 bits per heavy atom. The highest BCUT2D eigenvalue weighted by Gasteiger charge is 2.23. The van der Waals surface area contributed by atoms with E-state index in [1.807, 2.05) is 0 Å². The molecule has 0 saturated carbocycles. The van der Waals surface area contributed by atoms with E-state index in [-0.39, 0.29) is 16.4 Å². The Bertz CT molecular complexity index is 1110. The number of hydrazone groups is 1. The zero-order valence-corrected chi connectivity index (χ0v) is 19.8. The second-order valence-electron chi connectivity index (χ2n) is 6.70. The second kappa shape index (κ2) is 12.0. The van der Waals surface area contributed by atoms with E-state index in [9.17, 15) is 18.0 Å². The van der Waals surface area contributed by atoms with Gasteiger partial charge in [0.2, 0.25) is 15.9 Å². The molecule has 0 aliphatic rings. The summed E-state index contributed by atoms with van der Waals surface area (Å²) in [5.74, 6) is -0.0351. The highest BCUT2D eigenvalue weighted by Crippen LogP contribution is 2.26. The van der Waals surface area contributed by atoms with Crippen molar-refractivity contribution in [2.24, 2.45) is 5.10 Å². The maximum Gasteiger partial charge on any atom is 0.272 e. The number of likely N-dealkylation sites (N-methyl/N-ethyl adjacent to an activating group) is 1. The standard InChI is InChI=1S/C22H28N4O6S/c1-5-26(6-2)21(27)15-24-33(29,30)20-10-8-7-9-17(20)22(28)25-23-14-16-11-12-18(31-3)19(13-16)32-4/h7-14,24H,5-6,15H2,1-4H3,(H,25,28)/b23-14+. The van der Waals surface area contributed by atoms with Gasteiger partial charge in [-0.05, 0) is 49.7 Å². The highest BCUT2D eigenvalue weighted by molar-refractivity contribution is 7.89. The van der Waals surface area contributed by atoms with Crippen LogP contribution in [0.15, 0.2) is 52.5 Å². The van der Waals surface area contributed by atoms with Crippen molar-refractivity contribution in [3.05, 3.63) is 53.6 Å². The molecule has 0 fully saturated rings. The zero-order chi connectivity index (χ0) is 24.4. The first-order valence-electron chi connectivity index (χ1n) is 10.2. The lowest BCUT2D eigenvalue weighted by Crippen LogP contribution is -2.40. The summed E-state index contributed by atoms with van der Waals surface area (Å²) in [5, 5.41) is 3.89. The van der Waals surface area contributed by atoms with Crippen LogP contribution < -0.4 is 19.6 Å². The number of methoxy groups -OCH3 is 2. The van der Waals surface area contributed by atoms with Crippen LogP contribution in [0.4, 0.5) is 0 Å². The van der Waals surface area contributed by atoms with Crippen molar-refractivity contribution in [2.45, 2.75) is 18.7 Å². The normalized spacial score (nSPS) is 11.3. The zero-order valence-electron chi connectivity index (χ0n) is 19.0. The number of amides is 2. The molecule has 2 aromatic rings. The molecule has 0 aromatic heterocycles. The molecule has 0 heterocycles. The van der Waals surface area contributed by atoms with E-state index in [0.29, 0.717) is 30.2 Å². The smallest absolute Gasteiger partial charge is 0.272 e. The molecule has 0 spiro atoms. The van der Waals surface area contributed by atoms with Crippen LogP contribution in [0.1, 0.15) is 29.8 Å².